The average Bonchev–Trinajstić information content (AvgIpc) is 2.56. The summed E-state index contributed by atoms with van der Waals surface area (Å²) in [6.45, 7) is -2.89. The lowest BCUT2D eigenvalue weighted by Gasteiger charge is -2.08. The van der Waals surface area contributed by atoms with E-state index in [1.807, 2.05) is 6.07 Å². The van der Waals surface area contributed by atoms with Crippen LogP contribution in [0.15, 0.2) is 59.8 Å². The van der Waals surface area contributed by atoms with Gasteiger partial charge in [-0.3, -0.25) is 10.4 Å². The zero-order valence-electron chi connectivity index (χ0n) is 12.3. The predicted molar refractivity (Wildman–Crippen MR) is 91.0 cm³/mol. The largest absolute Gasteiger partial charge is 0.434 e. The first-order valence-corrected chi connectivity index (χ1v) is 7.38. The Kier molecular flexibility index (Phi) is 4.86. The van der Waals surface area contributed by atoms with Gasteiger partial charge in [0.05, 0.1) is 17.4 Å². The Morgan fingerprint density at radius 3 is 2.83 bits per heavy atom. The highest BCUT2D eigenvalue weighted by Gasteiger charge is 2.07. The standard InChI is InChI=1S/C17H12ClF2N3O/c18-12-5-6-13-14(7-8-21-15(13)9-12)23-22-10-11-3-1-2-4-16(11)24-17(19)20/h1-10,17H,(H,21,23). The van der Waals surface area contributed by atoms with Gasteiger partial charge in [0, 0.05) is 22.2 Å². The van der Waals surface area contributed by atoms with Crippen molar-refractivity contribution < 1.29 is 13.5 Å². The van der Waals surface area contributed by atoms with Crippen LogP contribution in [0.2, 0.25) is 5.02 Å². The van der Waals surface area contributed by atoms with Gasteiger partial charge in [0.25, 0.3) is 0 Å². The van der Waals surface area contributed by atoms with Gasteiger partial charge >= 0.3 is 6.61 Å². The van der Waals surface area contributed by atoms with Gasteiger partial charge in [-0.25, -0.2) is 0 Å². The Balaban J connectivity index is 1.83. The highest BCUT2D eigenvalue weighted by molar-refractivity contribution is 6.31. The number of para-hydroxylation sites is 1. The number of ether oxygens (including phenoxy) is 1. The molecule has 2 aromatic carbocycles. The predicted octanol–water partition coefficient (Wildman–Crippen LogP) is 4.94. The lowest BCUT2D eigenvalue weighted by Crippen LogP contribution is -2.04. The number of rotatable bonds is 5. The minimum absolute atomic E-state index is 0.0596. The highest BCUT2D eigenvalue weighted by Crippen LogP contribution is 2.24. The third-order valence-electron chi connectivity index (χ3n) is 3.23. The molecule has 4 nitrogen and oxygen atoms in total. The fourth-order valence-corrected chi connectivity index (χ4v) is 2.35. The third-order valence-corrected chi connectivity index (χ3v) is 3.46. The second kappa shape index (κ2) is 7.23. The summed E-state index contributed by atoms with van der Waals surface area (Å²) in [6.07, 6.45) is 3.05. The molecule has 0 atom stereocenters. The van der Waals surface area contributed by atoms with Crippen molar-refractivity contribution in [3.05, 3.63) is 65.3 Å². The number of nitrogens with zero attached hydrogens (tertiary/aromatic N) is 2. The molecule has 0 spiro atoms. The van der Waals surface area contributed by atoms with E-state index in [-0.39, 0.29) is 5.75 Å². The van der Waals surface area contributed by atoms with E-state index in [0.29, 0.717) is 10.6 Å². The van der Waals surface area contributed by atoms with E-state index in [1.165, 1.54) is 12.3 Å². The molecule has 0 saturated carbocycles. The number of hydrogen-bond donors (Lipinski definition) is 1. The zero-order chi connectivity index (χ0) is 16.9. The molecule has 1 N–H and O–H groups in total. The number of hydrazone groups is 1. The van der Waals surface area contributed by atoms with Crippen molar-refractivity contribution >= 4 is 34.4 Å². The lowest BCUT2D eigenvalue weighted by molar-refractivity contribution is -0.0499. The number of pyridine rings is 1. The van der Waals surface area contributed by atoms with E-state index >= 15 is 0 Å². The Labute approximate surface area is 141 Å². The van der Waals surface area contributed by atoms with Crippen molar-refractivity contribution in [1.82, 2.24) is 4.98 Å². The molecule has 0 aliphatic rings. The van der Waals surface area contributed by atoms with E-state index in [9.17, 15) is 8.78 Å². The average molecular weight is 348 g/mol. The molecule has 0 aliphatic heterocycles. The third kappa shape index (κ3) is 3.78. The van der Waals surface area contributed by atoms with Crippen molar-refractivity contribution in [3.8, 4) is 5.75 Å². The van der Waals surface area contributed by atoms with Crippen molar-refractivity contribution in [2.24, 2.45) is 5.10 Å². The van der Waals surface area contributed by atoms with E-state index in [0.717, 1.165) is 16.6 Å². The van der Waals surface area contributed by atoms with Gasteiger partial charge < -0.3 is 4.74 Å². The number of benzene rings is 2. The summed E-state index contributed by atoms with van der Waals surface area (Å²) in [4.78, 5) is 4.24. The van der Waals surface area contributed by atoms with Gasteiger partial charge in [-0.15, -0.1) is 0 Å². The molecule has 0 aliphatic carbocycles. The van der Waals surface area contributed by atoms with Crippen LogP contribution in [-0.2, 0) is 0 Å². The van der Waals surface area contributed by atoms with E-state index in [2.05, 4.69) is 20.2 Å². The molecule has 1 heterocycles. The van der Waals surface area contributed by atoms with Gasteiger partial charge in [-0.2, -0.15) is 13.9 Å². The van der Waals surface area contributed by atoms with Crippen LogP contribution in [0.25, 0.3) is 10.9 Å². The Hall–Kier alpha value is -2.73. The minimum atomic E-state index is -2.89. The topological polar surface area (TPSA) is 46.5 Å². The van der Waals surface area contributed by atoms with Crippen LogP contribution in [0.3, 0.4) is 0 Å². The van der Waals surface area contributed by atoms with E-state index < -0.39 is 6.61 Å². The number of fused-ring (bicyclic) bond motifs is 1. The zero-order valence-corrected chi connectivity index (χ0v) is 13.0. The SMILES string of the molecule is FC(F)Oc1ccccc1C=NNc1ccnc2cc(Cl)ccc12. The second-order valence-corrected chi connectivity index (χ2v) is 5.24. The van der Waals surface area contributed by atoms with Crippen molar-refractivity contribution in [3.63, 3.8) is 0 Å². The maximum Gasteiger partial charge on any atom is 0.387 e. The molecular weight excluding hydrogens is 336 g/mol. The first-order valence-electron chi connectivity index (χ1n) is 7.00. The van der Waals surface area contributed by atoms with Gasteiger partial charge in [0.1, 0.15) is 5.75 Å². The summed E-state index contributed by atoms with van der Waals surface area (Å²) in [7, 11) is 0. The lowest BCUT2D eigenvalue weighted by atomic mass is 10.2. The fourth-order valence-electron chi connectivity index (χ4n) is 2.18. The quantitative estimate of drug-likeness (QED) is 0.525. The van der Waals surface area contributed by atoms with E-state index in [4.69, 9.17) is 11.6 Å². The number of nitrogens with one attached hydrogen (secondary N) is 1. The van der Waals surface area contributed by atoms with Crippen LogP contribution in [0.4, 0.5) is 14.5 Å². The number of aromatic nitrogens is 1. The summed E-state index contributed by atoms with van der Waals surface area (Å²) in [5.41, 5.74) is 4.76. The van der Waals surface area contributed by atoms with Crippen LogP contribution in [0.5, 0.6) is 5.75 Å². The van der Waals surface area contributed by atoms with Gasteiger partial charge in [-0.1, -0.05) is 23.7 Å². The normalized spacial score (nSPS) is 11.3. The molecule has 0 unspecified atom stereocenters. The highest BCUT2D eigenvalue weighted by atomic mass is 35.5. The van der Waals surface area contributed by atoms with Crippen molar-refractivity contribution in [2.75, 3.05) is 5.43 Å². The molecule has 0 amide bonds. The van der Waals surface area contributed by atoms with Crippen LogP contribution in [-0.4, -0.2) is 17.8 Å². The van der Waals surface area contributed by atoms with Crippen molar-refractivity contribution in [1.29, 1.82) is 0 Å². The Bertz CT molecular complexity index is 887. The summed E-state index contributed by atoms with van der Waals surface area (Å²) in [5, 5.41) is 5.53. The molecular formula is C17H12ClF2N3O. The first kappa shape index (κ1) is 16.1. The van der Waals surface area contributed by atoms with Gasteiger partial charge in [0.15, 0.2) is 0 Å². The first-order chi connectivity index (χ1) is 11.6. The fraction of sp³-hybridized carbons (Fsp3) is 0.0588. The molecule has 3 aromatic rings. The van der Waals surface area contributed by atoms with Gasteiger partial charge in [0.2, 0.25) is 0 Å². The molecule has 24 heavy (non-hydrogen) atoms. The van der Waals surface area contributed by atoms with Crippen LogP contribution < -0.4 is 10.2 Å². The summed E-state index contributed by atoms with van der Waals surface area (Å²) >= 11 is 5.95. The maximum atomic E-state index is 12.4. The summed E-state index contributed by atoms with van der Waals surface area (Å²) in [6, 6.07) is 13.5. The van der Waals surface area contributed by atoms with Gasteiger partial charge in [-0.05, 0) is 36.4 Å². The molecule has 0 bridgehead atoms. The molecule has 122 valence electrons. The van der Waals surface area contributed by atoms with Crippen LogP contribution >= 0.6 is 11.6 Å². The van der Waals surface area contributed by atoms with E-state index in [1.54, 1.807) is 42.6 Å². The molecule has 7 heteroatoms. The Morgan fingerprint density at radius 1 is 1.17 bits per heavy atom. The molecule has 3 rings (SSSR count). The number of alkyl halides is 2. The molecule has 0 saturated heterocycles. The number of halogens is 3. The number of hydrogen-bond acceptors (Lipinski definition) is 4. The summed E-state index contributed by atoms with van der Waals surface area (Å²) in [5.74, 6) is 0.0596. The maximum absolute atomic E-state index is 12.4. The van der Waals surface area contributed by atoms with Crippen LogP contribution in [0, 0.1) is 0 Å². The molecule has 1 aromatic heterocycles. The van der Waals surface area contributed by atoms with Crippen LogP contribution in [0.1, 0.15) is 5.56 Å². The number of anilines is 1. The molecule has 0 fully saturated rings. The minimum Gasteiger partial charge on any atom is -0.434 e. The second-order valence-electron chi connectivity index (χ2n) is 4.81. The monoisotopic (exact) mass is 347 g/mol. The Morgan fingerprint density at radius 2 is 2.00 bits per heavy atom. The molecule has 0 radical (unpaired) electrons. The summed E-state index contributed by atoms with van der Waals surface area (Å²) < 4.78 is 29.2. The van der Waals surface area contributed by atoms with Crippen molar-refractivity contribution in [2.45, 2.75) is 6.61 Å². The smallest absolute Gasteiger partial charge is 0.387 e.